The number of fused-ring (bicyclic) bond motifs is 6. The van der Waals surface area contributed by atoms with Crippen molar-refractivity contribution in [3.05, 3.63) is 124 Å². The molecule has 4 heterocycles. The molecule has 32 heteroatoms. The predicted octanol–water partition coefficient (Wildman–Crippen LogP) is 5.64. The summed E-state index contributed by atoms with van der Waals surface area (Å²) in [6.45, 7) is 5.33. The maximum absolute atomic E-state index is 14.8. The number of thiophene rings is 1. The Kier molecular flexibility index (Phi) is 26.0. The number of urea groups is 1. The Bertz CT molecular complexity index is 4110. The third kappa shape index (κ3) is 17.9. The van der Waals surface area contributed by atoms with Gasteiger partial charge in [-0.25, -0.2) is 19.2 Å². The Balaban J connectivity index is 0.815. The van der Waals surface area contributed by atoms with Gasteiger partial charge < -0.3 is 97.0 Å². The van der Waals surface area contributed by atoms with Crippen LogP contribution in [0, 0.1) is 5.92 Å². The first-order valence-electron chi connectivity index (χ1n) is 33.1. The third-order valence-corrected chi connectivity index (χ3v) is 19.7. The SMILES string of the molecule is CC(=O)N[C@@H](CCCCN)C(=O)N[C@H](C(=O)N[C@@H](CCCNC(N)=O)C(=O)Nc1ccc(COC(=O)N(C)CCN(C)C(=O)Oc2cc3c(c4ccccc24)C(CCl)CN3C(=O)c2ccc(C(=O)N3C[C@@H](CCl)c4c3cc(O[C@@H]3O[C@H](C(=O)O)[C@@H](O)[C@H](O)[C@H]3O)c3ccccc43)s2)cc1)C(C)C. The molecule has 1 saturated heterocycles. The first-order valence-corrected chi connectivity index (χ1v) is 35.0. The van der Waals surface area contributed by atoms with E-state index >= 15 is 0 Å². The van der Waals surface area contributed by atoms with Crippen LogP contribution in [-0.2, 0) is 40.1 Å². The third-order valence-electron chi connectivity index (χ3n) is 17.9. The summed E-state index contributed by atoms with van der Waals surface area (Å²) in [6.07, 6.45) is -9.16. The van der Waals surface area contributed by atoms with Gasteiger partial charge in [-0.2, -0.15) is 0 Å². The summed E-state index contributed by atoms with van der Waals surface area (Å²) < 4.78 is 23.2. The van der Waals surface area contributed by atoms with Gasteiger partial charge in [0.2, 0.25) is 29.9 Å². The molecule has 1 unspecified atom stereocenters. The molecule has 546 valence electrons. The van der Waals surface area contributed by atoms with E-state index < -0.39 is 114 Å². The maximum atomic E-state index is 14.8. The number of carboxylic acid groups (broad SMARTS) is 1. The normalized spacial score (nSPS) is 19.2. The number of carbonyl (C=O) groups is 10. The minimum Gasteiger partial charge on any atom is -0.479 e. The molecular formula is C70H83Cl2N11O18S. The van der Waals surface area contributed by atoms with E-state index in [1.54, 1.807) is 92.7 Å². The van der Waals surface area contributed by atoms with Gasteiger partial charge in [0.15, 0.2) is 6.10 Å². The van der Waals surface area contributed by atoms with Gasteiger partial charge in [-0.05, 0) is 96.3 Å². The number of hydrogen-bond donors (Lipinski definition) is 11. The smallest absolute Gasteiger partial charge is 0.415 e. The van der Waals surface area contributed by atoms with Crippen molar-refractivity contribution >= 4 is 133 Å². The van der Waals surface area contributed by atoms with Crippen LogP contribution < -0.4 is 57.3 Å². The van der Waals surface area contributed by atoms with E-state index in [4.69, 9.17) is 53.6 Å². The number of aliphatic carboxylic acids is 1. The number of alkyl halides is 2. The minimum atomic E-state index is -1.95. The van der Waals surface area contributed by atoms with Crippen LogP contribution >= 0.6 is 34.5 Å². The van der Waals surface area contributed by atoms with Crippen molar-refractivity contribution in [2.24, 2.45) is 17.4 Å². The first-order chi connectivity index (χ1) is 48.7. The molecule has 10 amide bonds. The number of aliphatic hydroxyl groups is 3. The number of amides is 10. The number of carbonyl (C=O) groups excluding carboxylic acids is 9. The summed E-state index contributed by atoms with van der Waals surface area (Å²) in [5, 5.41) is 57.2. The summed E-state index contributed by atoms with van der Waals surface area (Å²) in [5.41, 5.74) is 14.0. The second-order valence-corrected chi connectivity index (χ2v) is 27.2. The van der Waals surface area contributed by atoms with Gasteiger partial charge in [0.05, 0.1) is 21.1 Å². The standard InChI is InChI=1S/C70H83Cl2N11O18S/c1-36(2)56(79-62(89)46(76-37(3)84)17-10-11-25-73)63(90)78-47(18-12-26-75-68(74)95)61(88)77-41-21-19-38(20-22-41)35-98-69(96)80(4)27-28-81(5)70(97)100-51-30-49-55(45-16-9-7-14-43(45)51)40(32-72)34-83(49)65(92)53-24-23-52(102-53)64(91)82-33-39(31-71)54-44-15-8-6-13-42(44)50(29-48(54)82)99-67-59(87)57(85)58(86)60(101-67)66(93)94/h6-9,13-16,19-24,29-30,36,39-40,46-47,56-60,67,85-87H,10-12,17-18,25-28,31-35,73H2,1-5H3,(H,76,84)(H,77,88)(H,78,90)(H,79,89)(H,93,94)(H3,74,75,95)/t39-,40?,46+,47+,56+,57+,58+,59-,60+,67-/m1/s1. The van der Waals surface area contributed by atoms with E-state index in [9.17, 15) is 68.4 Å². The Hall–Kier alpha value is -9.40. The highest BCUT2D eigenvalue weighted by Crippen LogP contribution is 2.49. The number of nitrogens with two attached hydrogens (primary N) is 2. The summed E-state index contributed by atoms with van der Waals surface area (Å²) in [4.78, 5) is 139. The van der Waals surface area contributed by atoms with Gasteiger partial charge in [0, 0.05) is 106 Å². The number of halogens is 2. The molecule has 0 radical (unpaired) electrons. The summed E-state index contributed by atoms with van der Waals surface area (Å²) in [7, 11) is 2.98. The largest absolute Gasteiger partial charge is 0.479 e. The van der Waals surface area contributed by atoms with Crippen molar-refractivity contribution in [3.8, 4) is 11.5 Å². The molecule has 3 aliphatic rings. The van der Waals surface area contributed by atoms with Crippen molar-refractivity contribution in [3.63, 3.8) is 0 Å². The summed E-state index contributed by atoms with van der Waals surface area (Å²) >= 11 is 14.2. The van der Waals surface area contributed by atoms with Crippen molar-refractivity contribution in [2.75, 3.05) is 80.2 Å². The number of benzene rings is 5. The van der Waals surface area contributed by atoms with Gasteiger partial charge in [0.1, 0.15) is 54.5 Å². The number of nitrogens with one attached hydrogen (secondary N) is 5. The van der Waals surface area contributed by atoms with Crippen molar-refractivity contribution < 1.29 is 87.3 Å². The zero-order valence-electron chi connectivity index (χ0n) is 56.6. The number of likely N-dealkylation sites (N-methyl/N-ethyl adjacent to an activating group) is 2. The zero-order valence-corrected chi connectivity index (χ0v) is 58.9. The Labute approximate surface area is 601 Å². The number of rotatable bonds is 29. The molecule has 5 aromatic carbocycles. The molecule has 6 aromatic rings. The number of nitrogens with zero attached hydrogens (tertiary/aromatic N) is 4. The Morgan fingerprint density at radius 3 is 1.75 bits per heavy atom. The highest BCUT2D eigenvalue weighted by Gasteiger charge is 2.49. The van der Waals surface area contributed by atoms with Crippen LogP contribution in [0.25, 0.3) is 21.5 Å². The van der Waals surface area contributed by atoms with E-state index in [1.165, 1.54) is 46.7 Å². The molecule has 29 nitrogen and oxygen atoms in total. The summed E-state index contributed by atoms with van der Waals surface area (Å²) in [5.74, 6) is -5.51. The second-order valence-electron chi connectivity index (χ2n) is 25.5. The molecule has 0 bridgehead atoms. The van der Waals surface area contributed by atoms with Gasteiger partial charge in [-0.15, -0.1) is 34.5 Å². The van der Waals surface area contributed by atoms with E-state index in [1.807, 2.05) is 12.1 Å². The average Bonchev–Trinajstić information content (AvgIpc) is 1.56. The van der Waals surface area contributed by atoms with Crippen molar-refractivity contribution in [1.82, 2.24) is 31.1 Å². The highest BCUT2D eigenvalue weighted by molar-refractivity contribution is 7.16. The lowest BCUT2D eigenvalue weighted by Crippen LogP contribution is -2.61. The molecule has 9 rings (SSSR count). The fourth-order valence-corrected chi connectivity index (χ4v) is 13.8. The van der Waals surface area contributed by atoms with Gasteiger partial charge >= 0.3 is 24.2 Å². The second kappa shape index (κ2) is 34.5. The van der Waals surface area contributed by atoms with E-state index in [-0.39, 0.29) is 97.0 Å². The highest BCUT2D eigenvalue weighted by atomic mass is 35.5. The molecule has 0 saturated carbocycles. The number of hydrogen-bond acceptors (Lipinski definition) is 19. The first kappa shape index (κ1) is 76.8. The molecule has 1 fully saturated rings. The number of ether oxygens (including phenoxy) is 4. The van der Waals surface area contributed by atoms with Crippen molar-refractivity contribution in [1.29, 1.82) is 0 Å². The lowest BCUT2D eigenvalue weighted by molar-refractivity contribution is -0.270. The summed E-state index contributed by atoms with van der Waals surface area (Å²) in [6, 6.07) is 22.9. The van der Waals surface area contributed by atoms with Crippen LogP contribution in [0.3, 0.4) is 0 Å². The zero-order chi connectivity index (χ0) is 73.8. The van der Waals surface area contributed by atoms with Crippen molar-refractivity contribution in [2.45, 2.75) is 120 Å². The monoisotopic (exact) mass is 1470 g/mol. The molecule has 0 aliphatic carbocycles. The van der Waals surface area contributed by atoms with E-state index in [0.29, 0.717) is 75.5 Å². The topological polar surface area (TPSA) is 414 Å². The molecule has 0 spiro atoms. The number of unbranched alkanes of at least 4 members (excludes halogenated alkanes) is 1. The quantitative estimate of drug-likeness (QED) is 0.0200. The van der Waals surface area contributed by atoms with Crippen LogP contribution in [0.4, 0.5) is 31.4 Å². The maximum Gasteiger partial charge on any atom is 0.415 e. The molecular weight excluding hydrogens is 1390 g/mol. The molecule has 3 aliphatic heterocycles. The molecule has 1 aromatic heterocycles. The number of aliphatic hydroxyl groups excluding tert-OH is 3. The van der Waals surface area contributed by atoms with E-state index in [2.05, 4.69) is 26.6 Å². The lowest BCUT2D eigenvalue weighted by Gasteiger charge is -2.38. The Morgan fingerprint density at radius 2 is 1.21 bits per heavy atom. The molecule has 13 N–H and O–H groups in total. The minimum absolute atomic E-state index is 0.00295. The fraction of sp³-hybridized carbons (Fsp3) is 0.429. The molecule has 102 heavy (non-hydrogen) atoms. The van der Waals surface area contributed by atoms with Crippen LogP contribution in [0.15, 0.2) is 97.1 Å². The lowest BCUT2D eigenvalue weighted by atomic mass is 9.95. The molecule has 10 atom stereocenters. The number of primary amides is 1. The fourth-order valence-electron chi connectivity index (χ4n) is 12.4. The van der Waals surface area contributed by atoms with Gasteiger partial charge in [-0.3, -0.25) is 28.8 Å². The van der Waals surface area contributed by atoms with Crippen LogP contribution in [-0.4, -0.2) is 204 Å². The van der Waals surface area contributed by atoms with Crippen LogP contribution in [0.1, 0.15) is 101 Å². The Morgan fingerprint density at radius 1 is 0.667 bits per heavy atom. The number of carboxylic acids is 1. The van der Waals surface area contributed by atoms with Gasteiger partial charge in [0.25, 0.3) is 11.8 Å². The number of anilines is 3. The van der Waals surface area contributed by atoms with E-state index in [0.717, 1.165) is 16.9 Å². The van der Waals surface area contributed by atoms with Crippen LogP contribution in [0.5, 0.6) is 11.5 Å². The van der Waals surface area contributed by atoms with Crippen LogP contribution in [0.2, 0.25) is 0 Å². The predicted molar refractivity (Wildman–Crippen MR) is 380 cm³/mol. The average molecular weight is 1470 g/mol. The van der Waals surface area contributed by atoms with Gasteiger partial charge in [-0.1, -0.05) is 74.5 Å².